The average Bonchev–Trinajstić information content (AvgIpc) is 3.22. The highest BCUT2D eigenvalue weighted by molar-refractivity contribution is 14.0. The van der Waals surface area contributed by atoms with Crippen molar-refractivity contribution in [3.8, 4) is 11.5 Å². The molecular formula is C23H29IN4O2S. The SMILES string of the molecule is CCNC(=NCc1coc(-c2ccc(C)cc2)n1)NCCS(=O)Cc1ccccc1.I. The van der Waals surface area contributed by atoms with Gasteiger partial charge in [0.25, 0.3) is 0 Å². The molecule has 0 saturated heterocycles. The molecule has 0 saturated carbocycles. The van der Waals surface area contributed by atoms with Crippen molar-refractivity contribution in [3.63, 3.8) is 0 Å². The van der Waals surface area contributed by atoms with Gasteiger partial charge in [-0.25, -0.2) is 9.98 Å². The average molecular weight is 552 g/mol. The van der Waals surface area contributed by atoms with E-state index in [0.717, 1.165) is 23.4 Å². The first kappa shape index (κ1) is 25.1. The molecule has 1 unspecified atom stereocenters. The van der Waals surface area contributed by atoms with Gasteiger partial charge in [-0.15, -0.1) is 24.0 Å². The Labute approximate surface area is 203 Å². The highest BCUT2D eigenvalue weighted by atomic mass is 127. The Hall–Kier alpha value is -2.20. The van der Waals surface area contributed by atoms with Gasteiger partial charge in [0.05, 0.1) is 6.54 Å². The van der Waals surface area contributed by atoms with E-state index in [9.17, 15) is 4.21 Å². The summed E-state index contributed by atoms with van der Waals surface area (Å²) < 4.78 is 17.9. The maximum absolute atomic E-state index is 12.3. The summed E-state index contributed by atoms with van der Waals surface area (Å²) in [5.74, 6) is 2.39. The summed E-state index contributed by atoms with van der Waals surface area (Å²) in [6.45, 7) is 5.78. The first-order valence-corrected chi connectivity index (χ1v) is 11.6. The Bertz CT molecular complexity index is 975. The molecule has 0 radical (unpaired) electrons. The molecule has 166 valence electrons. The molecule has 1 aromatic heterocycles. The van der Waals surface area contributed by atoms with Gasteiger partial charge in [-0.1, -0.05) is 48.0 Å². The van der Waals surface area contributed by atoms with Gasteiger partial charge in [0, 0.05) is 41.0 Å². The van der Waals surface area contributed by atoms with Crippen LogP contribution in [0.4, 0.5) is 0 Å². The number of nitrogens with zero attached hydrogens (tertiary/aromatic N) is 2. The predicted octanol–water partition coefficient (Wildman–Crippen LogP) is 4.27. The van der Waals surface area contributed by atoms with Crippen molar-refractivity contribution in [2.45, 2.75) is 26.1 Å². The number of aryl methyl sites for hydroxylation is 1. The molecule has 2 aromatic carbocycles. The van der Waals surface area contributed by atoms with Crippen LogP contribution in [-0.4, -0.2) is 34.0 Å². The molecule has 8 heteroatoms. The van der Waals surface area contributed by atoms with Crippen molar-refractivity contribution in [2.75, 3.05) is 18.8 Å². The number of aliphatic imine (C=N–C) groups is 1. The van der Waals surface area contributed by atoms with E-state index in [2.05, 4.69) is 20.6 Å². The number of rotatable bonds is 9. The first-order valence-electron chi connectivity index (χ1n) is 10.1. The molecule has 0 amide bonds. The Kier molecular flexibility index (Phi) is 10.7. The van der Waals surface area contributed by atoms with Gasteiger partial charge in [-0.05, 0) is 31.5 Å². The van der Waals surface area contributed by atoms with E-state index in [1.807, 2.05) is 68.4 Å². The summed E-state index contributed by atoms with van der Waals surface area (Å²) >= 11 is 0. The molecule has 1 atom stereocenters. The number of hydrogen-bond acceptors (Lipinski definition) is 4. The lowest BCUT2D eigenvalue weighted by molar-refractivity contribution is 0.572. The fourth-order valence-corrected chi connectivity index (χ4v) is 3.86. The molecule has 3 aromatic rings. The quantitative estimate of drug-likeness (QED) is 0.236. The van der Waals surface area contributed by atoms with Crippen molar-refractivity contribution < 1.29 is 8.63 Å². The molecule has 31 heavy (non-hydrogen) atoms. The number of halogens is 1. The van der Waals surface area contributed by atoms with Crippen molar-refractivity contribution in [2.24, 2.45) is 4.99 Å². The minimum Gasteiger partial charge on any atom is -0.444 e. The molecule has 3 rings (SSSR count). The molecule has 0 aliphatic carbocycles. The molecule has 6 nitrogen and oxygen atoms in total. The van der Waals surface area contributed by atoms with Gasteiger partial charge < -0.3 is 15.1 Å². The molecule has 0 bridgehead atoms. The maximum Gasteiger partial charge on any atom is 0.226 e. The summed E-state index contributed by atoms with van der Waals surface area (Å²) in [6.07, 6.45) is 1.64. The van der Waals surface area contributed by atoms with Gasteiger partial charge >= 0.3 is 0 Å². The predicted molar refractivity (Wildman–Crippen MR) is 138 cm³/mol. The zero-order chi connectivity index (χ0) is 21.2. The third-order valence-corrected chi connectivity index (χ3v) is 5.70. The minimum atomic E-state index is -0.924. The van der Waals surface area contributed by atoms with Crippen LogP contribution < -0.4 is 10.6 Å². The standard InChI is InChI=1S/C23H28N4O2S.HI/c1-3-24-23(25-13-14-30(28)17-19-7-5-4-6-8-19)26-15-21-16-29-22(27-21)20-11-9-18(2)10-12-20;/h4-12,16H,3,13-15,17H2,1-2H3,(H2,24,25,26);1H. The van der Waals surface area contributed by atoms with Crippen LogP contribution in [-0.2, 0) is 23.1 Å². The van der Waals surface area contributed by atoms with Gasteiger partial charge in [0.1, 0.15) is 12.0 Å². The molecular weight excluding hydrogens is 523 g/mol. The second kappa shape index (κ2) is 13.3. The number of hydrogen-bond donors (Lipinski definition) is 2. The van der Waals surface area contributed by atoms with E-state index in [0.29, 0.717) is 36.4 Å². The molecule has 0 aliphatic heterocycles. The summed E-state index contributed by atoms with van der Waals surface area (Å²) in [5, 5.41) is 6.44. The van der Waals surface area contributed by atoms with Crippen LogP contribution in [0.15, 0.2) is 70.3 Å². The topological polar surface area (TPSA) is 79.5 Å². The van der Waals surface area contributed by atoms with Gasteiger partial charge in [-0.3, -0.25) is 4.21 Å². The smallest absolute Gasteiger partial charge is 0.226 e. The Balaban J connectivity index is 0.00000341. The summed E-state index contributed by atoms with van der Waals surface area (Å²) in [5.41, 5.74) is 3.99. The lowest BCUT2D eigenvalue weighted by Crippen LogP contribution is -2.39. The molecule has 0 aliphatic rings. The van der Waals surface area contributed by atoms with Crippen molar-refractivity contribution >= 4 is 40.7 Å². The summed E-state index contributed by atoms with van der Waals surface area (Å²) in [6, 6.07) is 18.0. The maximum atomic E-state index is 12.3. The van der Waals surface area contributed by atoms with Gasteiger partial charge in [0.15, 0.2) is 5.96 Å². The van der Waals surface area contributed by atoms with E-state index in [1.165, 1.54) is 5.56 Å². The van der Waals surface area contributed by atoms with Crippen molar-refractivity contribution in [1.82, 2.24) is 15.6 Å². The molecule has 0 fully saturated rings. The number of nitrogens with one attached hydrogen (secondary N) is 2. The monoisotopic (exact) mass is 552 g/mol. The van der Waals surface area contributed by atoms with Crippen LogP contribution in [0, 0.1) is 6.92 Å². The van der Waals surface area contributed by atoms with Crippen LogP contribution in [0.5, 0.6) is 0 Å². The lowest BCUT2D eigenvalue weighted by atomic mass is 10.1. The Morgan fingerprint density at radius 2 is 1.84 bits per heavy atom. The Morgan fingerprint density at radius 1 is 1.10 bits per heavy atom. The number of oxazole rings is 1. The molecule has 2 N–H and O–H groups in total. The fraction of sp³-hybridized carbons (Fsp3) is 0.304. The zero-order valence-electron chi connectivity index (χ0n) is 17.8. The largest absolute Gasteiger partial charge is 0.444 e. The second-order valence-corrected chi connectivity index (χ2v) is 8.48. The van der Waals surface area contributed by atoms with E-state index in [-0.39, 0.29) is 24.0 Å². The van der Waals surface area contributed by atoms with E-state index in [4.69, 9.17) is 4.42 Å². The molecule has 0 spiro atoms. The minimum absolute atomic E-state index is 0. The fourth-order valence-electron chi connectivity index (χ4n) is 2.83. The first-order chi connectivity index (χ1) is 14.6. The van der Waals surface area contributed by atoms with Gasteiger partial charge in [-0.2, -0.15) is 0 Å². The lowest BCUT2D eigenvalue weighted by Gasteiger charge is -2.10. The number of aromatic nitrogens is 1. The van der Waals surface area contributed by atoms with Crippen molar-refractivity contribution in [1.29, 1.82) is 0 Å². The second-order valence-electron chi connectivity index (χ2n) is 6.91. The number of benzene rings is 2. The van der Waals surface area contributed by atoms with E-state index in [1.54, 1.807) is 6.26 Å². The number of guanidine groups is 1. The highest BCUT2D eigenvalue weighted by Crippen LogP contribution is 2.19. The normalized spacial score (nSPS) is 12.1. The van der Waals surface area contributed by atoms with E-state index < -0.39 is 10.8 Å². The summed E-state index contributed by atoms with van der Waals surface area (Å²) in [4.78, 5) is 9.08. The van der Waals surface area contributed by atoms with Crippen LogP contribution in [0.1, 0.15) is 23.7 Å². The van der Waals surface area contributed by atoms with Crippen LogP contribution in [0.25, 0.3) is 11.5 Å². The summed E-state index contributed by atoms with van der Waals surface area (Å²) in [7, 11) is -0.924. The Morgan fingerprint density at radius 3 is 2.55 bits per heavy atom. The molecule has 1 heterocycles. The van der Waals surface area contributed by atoms with Crippen LogP contribution in [0.2, 0.25) is 0 Å². The zero-order valence-corrected chi connectivity index (χ0v) is 21.0. The third-order valence-electron chi connectivity index (χ3n) is 4.39. The van der Waals surface area contributed by atoms with Crippen LogP contribution in [0.3, 0.4) is 0 Å². The highest BCUT2D eigenvalue weighted by Gasteiger charge is 2.07. The van der Waals surface area contributed by atoms with Gasteiger partial charge in [0.2, 0.25) is 5.89 Å². The van der Waals surface area contributed by atoms with E-state index >= 15 is 0 Å². The van der Waals surface area contributed by atoms with Crippen molar-refractivity contribution in [3.05, 3.63) is 77.7 Å². The van der Waals surface area contributed by atoms with Crippen LogP contribution >= 0.6 is 24.0 Å². The third kappa shape index (κ3) is 8.45.